The fourth-order valence-electron chi connectivity index (χ4n) is 0.687. The number of ether oxygens (including phenoxy) is 1. The third-order valence-electron chi connectivity index (χ3n) is 1.21. The molecule has 0 bridgehead atoms. The van der Waals surface area contributed by atoms with Crippen LogP contribution in [0.15, 0.2) is 11.1 Å². The van der Waals surface area contributed by atoms with Gasteiger partial charge in [-0.3, -0.25) is 0 Å². The Morgan fingerprint density at radius 2 is 1.56 bits per heavy atom. The van der Waals surface area contributed by atoms with Gasteiger partial charge in [-0.1, -0.05) is 11.8 Å². The van der Waals surface area contributed by atoms with E-state index in [0.29, 0.717) is 13.2 Å². The second-order valence-electron chi connectivity index (χ2n) is 1.74. The molecular formula is C8H6O. The lowest BCUT2D eigenvalue weighted by Crippen LogP contribution is -1.82. The van der Waals surface area contributed by atoms with Crippen molar-refractivity contribution >= 4 is 0 Å². The summed E-state index contributed by atoms with van der Waals surface area (Å²) in [5, 5.41) is 0. The van der Waals surface area contributed by atoms with E-state index in [2.05, 4.69) is 11.8 Å². The van der Waals surface area contributed by atoms with Crippen LogP contribution in [0.25, 0.3) is 0 Å². The molecule has 0 aromatic rings. The third kappa shape index (κ3) is 0.964. The van der Waals surface area contributed by atoms with Gasteiger partial charge in [-0.2, -0.15) is 0 Å². The van der Waals surface area contributed by atoms with Crippen LogP contribution in [-0.2, 0) is 4.74 Å². The zero-order chi connectivity index (χ0) is 6.69. The molecule has 0 N–H and O–H groups in total. The first-order valence-electron chi connectivity index (χ1n) is 2.61. The van der Waals surface area contributed by atoms with Crippen molar-refractivity contribution in [3.8, 4) is 24.7 Å². The highest BCUT2D eigenvalue weighted by molar-refractivity contribution is 5.43. The van der Waals surface area contributed by atoms with Crippen molar-refractivity contribution in [1.82, 2.24) is 0 Å². The molecule has 0 aromatic carbocycles. The first kappa shape index (κ1) is 5.95. The summed E-state index contributed by atoms with van der Waals surface area (Å²) in [6.45, 7) is 1.02. The van der Waals surface area contributed by atoms with E-state index in [4.69, 9.17) is 17.6 Å². The zero-order valence-electron chi connectivity index (χ0n) is 4.98. The molecule has 0 amide bonds. The Labute approximate surface area is 54.7 Å². The van der Waals surface area contributed by atoms with Gasteiger partial charge in [0, 0.05) is 11.1 Å². The van der Waals surface area contributed by atoms with Crippen LogP contribution in [0.1, 0.15) is 0 Å². The summed E-state index contributed by atoms with van der Waals surface area (Å²) in [6, 6.07) is 0. The van der Waals surface area contributed by atoms with Gasteiger partial charge in [-0.25, -0.2) is 0 Å². The molecule has 1 heterocycles. The third-order valence-corrected chi connectivity index (χ3v) is 1.21. The normalized spacial score (nSPS) is 17.1. The van der Waals surface area contributed by atoms with Gasteiger partial charge < -0.3 is 4.74 Å². The predicted octanol–water partition coefficient (Wildman–Crippen LogP) is 0.580. The molecule has 0 aliphatic carbocycles. The molecule has 1 rings (SSSR count). The Hall–Kier alpha value is -1.18. The number of hydrogen-bond donors (Lipinski definition) is 0. The Morgan fingerprint density at radius 1 is 1.11 bits per heavy atom. The summed E-state index contributed by atoms with van der Waals surface area (Å²) < 4.78 is 4.99. The summed E-state index contributed by atoms with van der Waals surface area (Å²) in [5.74, 6) is 4.95. The molecular weight excluding hydrogens is 112 g/mol. The molecule has 1 aliphatic rings. The molecule has 0 aromatic heterocycles. The van der Waals surface area contributed by atoms with Crippen LogP contribution in [0.2, 0.25) is 0 Å². The van der Waals surface area contributed by atoms with Crippen LogP contribution in [-0.4, -0.2) is 13.2 Å². The molecule has 0 spiro atoms. The van der Waals surface area contributed by atoms with Gasteiger partial charge in [0.05, 0.1) is 13.2 Å². The Bertz CT molecular complexity index is 198. The standard InChI is InChI=1S/C8H6O/c1-3-7-5-9-6-8(7)4-2/h1-2H,5-6H2. The largest absolute Gasteiger partial charge is 0.371 e. The zero-order valence-corrected chi connectivity index (χ0v) is 4.98. The summed E-state index contributed by atoms with van der Waals surface area (Å²) >= 11 is 0. The Morgan fingerprint density at radius 3 is 1.89 bits per heavy atom. The smallest absolute Gasteiger partial charge is 0.0810 e. The molecule has 9 heavy (non-hydrogen) atoms. The lowest BCUT2D eigenvalue weighted by Gasteiger charge is -1.83. The van der Waals surface area contributed by atoms with Crippen LogP contribution in [0.5, 0.6) is 0 Å². The van der Waals surface area contributed by atoms with Crippen LogP contribution < -0.4 is 0 Å². The fourth-order valence-corrected chi connectivity index (χ4v) is 0.687. The van der Waals surface area contributed by atoms with E-state index in [1.165, 1.54) is 0 Å². The molecule has 44 valence electrons. The van der Waals surface area contributed by atoms with Gasteiger partial charge in [0.2, 0.25) is 0 Å². The molecule has 0 unspecified atom stereocenters. The Kier molecular flexibility index (Phi) is 1.58. The second-order valence-corrected chi connectivity index (χ2v) is 1.74. The first-order valence-corrected chi connectivity index (χ1v) is 2.61. The van der Waals surface area contributed by atoms with E-state index in [9.17, 15) is 0 Å². The predicted molar refractivity (Wildman–Crippen MR) is 35.5 cm³/mol. The van der Waals surface area contributed by atoms with E-state index >= 15 is 0 Å². The molecule has 1 heteroatoms. The average Bonchev–Trinajstić information content (AvgIpc) is 2.33. The van der Waals surface area contributed by atoms with Crippen LogP contribution >= 0.6 is 0 Å². The average molecular weight is 118 g/mol. The van der Waals surface area contributed by atoms with Crippen molar-refractivity contribution in [2.45, 2.75) is 0 Å². The number of rotatable bonds is 0. The highest BCUT2D eigenvalue weighted by Crippen LogP contribution is 2.10. The summed E-state index contributed by atoms with van der Waals surface area (Å²) in [7, 11) is 0. The van der Waals surface area contributed by atoms with E-state index in [1.54, 1.807) is 0 Å². The molecule has 1 nitrogen and oxygen atoms in total. The van der Waals surface area contributed by atoms with Crippen molar-refractivity contribution in [2.75, 3.05) is 13.2 Å². The van der Waals surface area contributed by atoms with E-state index in [1.807, 2.05) is 0 Å². The highest BCUT2D eigenvalue weighted by Gasteiger charge is 2.09. The SMILES string of the molecule is C#CC1=C(C#C)COC1. The maximum atomic E-state index is 5.12. The number of hydrogen-bond acceptors (Lipinski definition) is 1. The van der Waals surface area contributed by atoms with Gasteiger partial charge >= 0.3 is 0 Å². The van der Waals surface area contributed by atoms with Gasteiger partial charge in [0.25, 0.3) is 0 Å². The van der Waals surface area contributed by atoms with Gasteiger partial charge in [-0.15, -0.1) is 12.8 Å². The van der Waals surface area contributed by atoms with Gasteiger partial charge in [-0.05, 0) is 0 Å². The van der Waals surface area contributed by atoms with Crippen molar-refractivity contribution in [2.24, 2.45) is 0 Å². The molecule has 0 atom stereocenters. The lowest BCUT2D eigenvalue weighted by atomic mass is 10.2. The minimum Gasteiger partial charge on any atom is -0.371 e. The molecule has 0 saturated carbocycles. The quantitative estimate of drug-likeness (QED) is 0.423. The summed E-state index contributed by atoms with van der Waals surface area (Å²) in [4.78, 5) is 0. The minimum absolute atomic E-state index is 0.510. The molecule has 0 fully saturated rings. The van der Waals surface area contributed by atoms with Gasteiger partial charge in [0.1, 0.15) is 0 Å². The van der Waals surface area contributed by atoms with Crippen molar-refractivity contribution in [1.29, 1.82) is 0 Å². The monoisotopic (exact) mass is 118 g/mol. The van der Waals surface area contributed by atoms with E-state index in [0.717, 1.165) is 11.1 Å². The maximum absolute atomic E-state index is 5.12. The van der Waals surface area contributed by atoms with Crippen molar-refractivity contribution in [3.63, 3.8) is 0 Å². The summed E-state index contributed by atoms with van der Waals surface area (Å²) in [5.41, 5.74) is 1.63. The molecule has 0 radical (unpaired) electrons. The lowest BCUT2D eigenvalue weighted by molar-refractivity contribution is 0.208. The van der Waals surface area contributed by atoms with E-state index in [-0.39, 0.29) is 0 Å². The molecule has 0 saturated heterocycles. The maximum Gasteiger partial charge on any atom is 0.0810 e. The first-order chi connectivity index (χ1) is 4.38. The highest BCUT2D eigenvalue weighted by atomic mass is 16.5. The van der Waals surface area contributed by atoms with Gasteiger partial charge in [0.15, 0.2) is 0 Å². The Balaban J connectivity index is 2.90. The van der Waals surface area contributed by atoms with Crippen LogP contribution in [0, 0.1) is 24.7 Å². The number of terminal acetylenes is 2. The second kappa shape index (κ2) is 2.40. The van der Waals surface area contributed by atoms with Crippen molar-refractivity contribution in [3.05, 3.63) is 11.1 Å². The fraction of sp³-hybridized carbons (Fsp3) is 0.250. The minimum atomic E-state index is 0.510. The van der Waals surface area contributed by atoms with Crippen LogP contribution in [0.3, 0.4) is 0 Å². The summed E-state index contributed by atoms with van der Waals surface area (Å²) in [6.07, 6.45) is 10.2. The van der Waals surface area contributed by atoms with Crippen molar-refractivity contribution < 1.29 is 4.74 Å². The van der Waals surface area contributed by atoms with E-state index < -0.39 is 0 Å². The molecule has 1 aliphatic heterocycles. The topological polar surface area (TPSA) is 9.23 Å². The van der Waals surface area contributed by atoms with Crippen LogP contribution in [0.4, 0.5) is 0 Å².